The molecule has 8 amide bonds. The Morgan fingerprint density at radius 2 is 1.05 bits per heavy atom. The Morgan fingerprint density at radius 1 is 0.556 bits per heavy atom. The maximum Gasteiger partial charge on any atom is 0.305 e. The predicted octanol–water partition coefficient (Wildman–Crippen LogP) is -1.53. The molecule has 2 aromatic carbocycles. The smallest absolute Gasteiger partial charge is 0.305 e. The number of benzene rings is 2. The van der Waals surface area contributed by atoms with E-state index in [2.05, 4.69) is 21.3 Å². The number of carbonyl (C=O) groups excluding carboxylic acids is 8. The van der Waals surface area contributed by atoms with Crippen molar-refractivity contribution in [3.8, 4) is 0 Å². The number of rotatable bonds is 26. The summed E-state index contributed by atoms with van der Waals surface area (Å²) in [5.74, 6) is -23.7. The number of carboxylic acid groups (broad SMARTS) is 2. The first-order chi connectivity index (χ1) is 29.6. The number of hydrogen-bond donors (Lipinski definition) is 10. The number of hydrogen-bond acceptors (Lipinski definition) is 10. The van der Waals surface area contributed by atoms with Crippen LogP contribution in [0.2, 0.25) is 0 Å². The average Bonchev–Trinajstić information content (AvgIpc) is 3.23. The zero-order valence-corrected chi connectivity index (χ0v) is 33.4. The molecule has 0 fully saturated rings. The Bertz CT molecular complexity index is 2020. The fourth-order valence-electron chi connectivity index (χ4n) is 5.43. The van der Waals surface area contributed by atoms with Crippen molar-refractivity contribution in [2.45, 2.75) is 82.5 Å². The third-order valence-electron chi connectivity index (χ3n) is 8.68. The van der Waals surface area contributed by atoms with Crippen LogP contribution in [0, 0.1) is 29.1 Å². The normalized spacial score (nSPS) is 12.6. The molecule has 2 rings (SSSR count). The van der Waals surface area contributed by atoms with Crippen molar-refractivity contribution in [1.82, 2.24) is 37.2 Å². The lowest BCUT2D eigenvalue weighted by Gasteiger charge is -2.24. The number of aliphatic carboxylic acids is 2. The zero-order valence-electron chi connectivity index (χ0n) is 33.4. The molecule has 344 valence electrons. The van der Waals surface area contributed by atoms with E-state index in [1.54, 1.807) is 13.0 Å². The number of primary amides is 1. The number of nitrogens with two attached hydrogens (primary N) is 1. The Balaban J connectivity index is 2.30. The summed E-state index contributed by atoms with van der Waals surface area (Å²) >= 11 is 0. The topological polar surface area (TPSA) is 321 Å². The van der Waals surface area contributed by atoms with E-state index in [0.717, 1.165) is 0 Å². The first-order valence-corrected chi connectivity index (χ1v) is 18.9. The van der Waals surface area contributed by atoms with Crippen LogP contribution in [-0.2, 0) is 60.8 Å². The molecule has 0 aliphatic heterocycles. The summed E-state index contributed by atoms with van der Waals surface area (Å²) < 4.78 is 71.9. The Kier molecular flexibility index (Phi) is 21.0. The fraction of sp³-hybridized carbons (Fsp3) is 0.421. The third-order valence-corrected chi connectivity index (χ3v) is 8.68. The lowest BCUT2D eigenvalue weighted by molar-refractivity contribution is -0.140. The molecule has 0 aromatic heterocycles. The molecule has 25 heteroatoms. The van der Waals surface area contributed by atoms with Gasteiger partial charge in [0.15, 0.2) is 23.3 Å². The number of unbranched alkanes of at least 4 members (excludes halogenated alkanes) is 1. The van der Waals surface area contributed by atoms with Gasteiger partial charge >= 0.3 is 11.9 Å². The summed E-state index contributed by atoms with van der Waals surface area (Å²) in [6.45, 7) is -0.999. The maximum absolute atomic E-state index is 14.8. The SMILES string of the molecule is CCCCC(=O)N[C@@H](CCC(=O)O)C(=O)NCC(=O)NCC(=O)N[C@@H](Cc1c(F)c(F)c(F)c(F)c1F)C(=O)N[C@@H](Cc1ccccc1)C(=O)NCC(=O)NC(CC(=O)O)C(N)=O. The second kappa shape index (κ2) is 25.5. The van der Waals surface area contributed by atoms with Crippen molar-refractivity contribution in [3.63, 3.8) is 0 Å². The minimum absolute atomic E-state index is 0.0313. The summed E-state index contributed by atoms with van der Waals surface area (Å²) in [4.78, 5) is 124. The molecule has 0 heterocycles. The van der Waals surface area contributed by atoms with Crippen molar-refractivity contribution in [3.05, 3.63) is 70.5 Å². The van der Waals surface area contributed by atoms with Gasteiger partial charge in [0.05, 0.1) is 26.1 Å². The van der Waals surface area contributed by atoms with Gasteiger partial charge in [-0.1, -0.05) is 43.7 Å². The molecule has 0 bridgehead atoms. The molecular weight excluding hydrogens is 855 g/mol. The quantitative estimate of drug-likeness (QED) is 0.0292. The molecule has 63 heavy (non-hydrogen) atoms. The van der Waals surface area contributed by atoms with Gasteiger partial charge in [-0.15, -0.1) is 0 Å². The van der Waals surface area contributed by atoms with Crippen LogP contribution in [0.25, 0.3) is 0 Å². The van der Waals surface area contributed by atoms with Gasteiger partial charge in [0.25, 0.3) is 0 Å². The molecule has 4 atom stereocenters. The van der Waals surface area contributed by atoms with Gasteiger partial charge in [-0.25, -0.2) is 22.0 Å². The molecule has 0 aliphatic rings. The zero-order chi connectivity index (χ0) is 47.4. The van der Waals surface area contributed by atoms with E-state index in [-0.39, 0.29) is 19.3 Å². The van der Waals surface area contributed by atoms with E-state index in [4.69, 9.17) is 15.9 Å². The van der Waals surface area contributed by atoms with E-state index in [1.165, 1.54) is 24.3 Å². The largest absolute Gasteiger partial charge is 0.481 e. The van der Waals surface area contributed by atoms with Crippen LogP contribution in [0.3, 0.4) is 0 Å². The maximum atomic E-state index is 14.8. The summed E-state index contributed by atoms with van der Waals surface area (Å²) in [7, 11) is 0. The van der Waals surface area contributed by atoms with Crippen LogP contribution >= 0.6 is 0 Å². The predicted molar refractivity (Wildman–Crippen MR) is 205 cm³/mol. The van der Waals surface area contributed by atoms with Gasteiger partial charge in [0.1, 0.15) is 24.2 Å². The molecule has 11 N–H and O–H groups in total. The highest BCUT2D eigenvalue weighted by molar-refractivity contribution is 5.96. The summed E-state index contributed by atoms with van der Waals surface area (Å²) in [6, 6.07) is 0.617. The number of nitrogens with one attached hydrogen (secondary N) is 7. The van der Waals surface area contributed by atoms with Crippen molar-refractivity contribution in [2.75, 3.05) is 19.6 Å². The van der Waals surface area contributed by atoms with Crippen molar-refractivity contribution in [1.29, 1.82) is 0 Å². The summed E-state index contributed by atoms with van der Waals surface area (Å²) in [6.07, 6.45) is -2.45. The average molecular weight is 901 g/mol. The highest BCUT2D eigenvalue weighted by Gasteiger charge is 2.33. The molecule has 0 radical (unpaired) electrons. The molecule has 0 aliphatic carbocycles. The Hall–Kier alpha value is -7.21. The van der Waals surface area contributed by atoms with Crippen LogP contribution < -0.4 is 43.0 Å². The lowest BCUT2D eigenvalue weighted by Crippen LogP contribution is -2.57. The van der Waals surface area contributed by atoms with Gasteiger partial charge in [-0.2, -0.15) is 0 Å². The standard InChI is InChI=1S/C38H45F5N8O12/c1-2-3-9-24(52)48-20(10-11-28(56)57)36(61)46-15-25(53)45-16-26(54)50-23(13-19-30(39)32(41)34(43)33(42)31(19)40)38(63)51-22(12-18-7-5-4-6-8-18)37(62)47-17-27(55)49-21(35(44)60)14-29(58)59/h4-8,20-23H,2-3,9-17H2,1H3,(H2,44,60)(H,45,53)(H,46,61)(H,47,62)(H,48,52)(H,49,55)(H,50,54)(H,51,63)(H,56,57)(H,58,59)/t20-,21?,22-,23-/m0/s1. The molecule has 1 unspecified atom stereocenters. The van der Waals surface area contributed by atoms with Gasteiger partial charge in [-0.3, -0.25) is 47.9 Å². The first-order valence-electron chi connectivity index (χ1n) is 18.9. The van der Waals surface area contributed by atoms with Crippen LogP contribution in [0.4, 0.5) is 22.0 Å². The minimum Gasteiger partial charge on any atom is -0.481 e. The first kappa shape index (κ1) is 51.9. The van der Waals surface area contributed by atoms with Gasteiger partial charge in [0.2, 0.25) is 53.1 Å². The van der Waals surface area contributed by atoms with Crippen LogP contribution in [0.1, 0.15) is 56.6 Å². The van der Waals surface area contributed by atoms with E-state index in [1.807, 2.05) is 16.0 Å². The van der Waals surface area contributed by atoms with Crippen LogP contribution in [0.5, 0.6) is 0 Å². The number of halogens is 5. The molecule has 0 saturated heterocycles. The number of amides is 8. The number of carbonyl (C=O) groups is 10. The van der Waals surface area contributed by atoms with Gasteiger partial charge in [-0.05, 0) is 18.4 Å². The fourth-order valence-corrected chi connectivity index (χ4v) is 5.43. The second-order valence-electron chi connectivity index (χ2n) is 13.6. The van der Waals surface area contributed by atoms with Crippen molar-refractivity contribution >= 4 is 59.2 Å². The van der Waals surface area contributed by atoms with Crippen molar-refractivity contribution in [2.24, 2.45) is 5.73 Å². The molecule has 20 nitrogen and oxygen atoms in total. The summed E-state index contributed by atoms with van der Waals surface area (Å²) in [5, 5.41) is 32.8. The molecular formula is C38H45F5N8O12. The van der Waals surface area contributed by atoms with E-state index >= 15 is 0 Å². The molecule has 2 aromatic rings. The second-order valence-corrected chi connectivity index (χ2v) is 13.6. The minimum atomic E-state index is -2.53. The van der Waals surface area contributed by atoms with Gasteiger partial charge < -0.3 is 53.2 Å². The monoisotopic (exact) mass is 900 g/mol. The van der Waals surface area contributed by atoms with E-state index < -0.39 is 157 Å². The lowest BCUT2D eigenvalue weighted by atomic mass is 10.0. The highest BCUT2D eigenvalue weighted by atomic mass is 19.2. The van der Waals surface area contributed by atoms with Crippen molar-refractivity contribution < 1.29 is 80.1 Å². The highest BCUT2D eigenvalue weighted by Crippen LogP contribution is 2.24. The van der Waals surface area contributed by atoms with Crippen LogP contribution in [0.15, 0.2) is 30.3 Å². The van der Waals surface area contributed by atoms with Crippen LogP contribution in [-0.4, -0.2) is 113 Å². The Morgan fingerprint density at radius 3 is 1.59 bits per heavy atom. The number of carboxylic acids is 2. The molecule has 0 spiro atoms. The third kappa shape index (κ3) is 17.7. The summed E-state index contributed by atoms with van der Waals surface area (Å²) in [5.41, 5.74) is 3.89. The van der Waals surface area contributed by atoms with E-state index in [0.29, 0.717) is 18.4 Å². The Labute approximate surface area is 354 Å². The van der Waals surface area contributed by atoms with E-state index in [9.17, 15) is 69.9 Å². The molecule has 0 saturated carbocycles. The van der Waals surface area contributed by atoms with Gasteiger partial charge in [0, 0.05) is 31.2 Å².